The summed E-state index contributed by atoms with van der Waals surface area (Å²) in [5.41, 5.74) is -0.0673. The van der Waals surface area contributed by atoms with Crippen LogP contribution in [0.3, 0.4) is 0 Å². The Morgan fingerprint density at radius 3 is 2.72 bits per heavy atom. The summed E-state index contributed by atoms with van der Waals surface area (Å²) in [6.07, 6.45) is 2.58. The van der Waals surface area contributed by atoms with Gasteiger partial charge in [-0.15, -0.1) is 0 Å². The summed E-state index contributed by atoms with van der Waals surface area (Å²) in [6.45, 7) is 1.85. The van der Waals surface area contributed by atoms with Gasteiger partial charge in [0.25, 0.3) is 5.56 Å². The molecule has 1 aromatic heterocycles. The average molecular weight is 358 g/mol. The predicted octanol–water partition coefficient (Wildman–Crippen LogP) is 3.41. The minimum absolute atomic E-state index is 0.0673. The Hall–Kier alpha value is -2.37. The van der Waals surface area contributed by atoms with Gasteiger partial charge in [-0.1, -0.05) is 29.8 Å². The highest BCUT2D eigenvalue weighted by Crippen LogP contribution is 2.15. The van der Waals surface area contributed by atoms with Gasteiger partial charge < -0.3 is 4.74 Å². The topological polar surface area (TPSA) is 47.4 Å². The SMILES string of the molecule is CN(CCCOc1ccc(Cl)cc1)Cn1ncc2ccccc2c1=O. The lowest BCUT2D eigenvalue weighted by molar-refractivity contribution is 0.219. The molecule has 2 aromatic carbocycles. The van der Waals surface area contributed by atoms with Crippen molar-refractivity contribution in [2.75, 3.05) is 20.2 Å². The summed E-state index contributed by atoms with van der Waals surface area (Å²) in [4.78, 5) is 14.5. The monoisotopic (exact) mass is 357 g/mol. The van der Waals surface area contributed by atoms with Gasteiger partial charge in [0.15, 0.2) is 0 Å². The van der Waals surface area contributed by atoms with Crippen molar-refractivity contribution in [3.8, 4) is 5.75 Å². The number of hydrogen-bond acceptors (Lipinski definition) is 4. The molecule has 0 aliphatic carbocycles. The van der Waals surface area contributed by atoms with E-state index in [1.165, 1.54) is 4.68 Å². The van der Waals surface area contributed by atoms with E-state index in [0.29, 0.717) is 23.7 Å². The second kappa shape index (κ2) is 8.14. The highest BCUT2D eigenvalue weighted by atomic mass is 35.5. The molecule has 5 nitrogen and oxygen atoms in total. The molecule has 0 saturated carbocycles. The van der Waals surface area contributed by atoms with Gasteiger partial charge in [0.2, 0.25) is 0 Å². The first-order valence-electron chi connectivity index (χ1n) is 8.15. The van der Waals surface area contributed by atoms with E-state index in [1.807, 2.05) is 48.3 Å². The third-order valence-electron chi connectivity index (χ3n) is 3.90. The second-order valence-electron chi connectivity index (χ2n) is 5.91. The van der Waals surface area contributed by atoms with Crippen LogP contribution in [0.25, 0.3) is 10.8 Å². The van der Waals surface area contributed by atoms with Gasteiger partial charge in [-0.2, -0.15) is 5.10 Å². The Balaban J connectivity index is 1.51. The van der Waals surface area contributed by atoms with Crippen LogP contribution < -0.4 is 10.3 Å². The quantitative estimate of drug-likeness (QED) is 0.608. The zero-order valence-corrected chi connectivity index (χ0v) is 14.8. The molecule has 0 unspecified atom stereocenters. The zero-order valence-electron chi connectivity index (χ0n) is 14.1. The minimum Gasteiger partial charge on any atom is -0.494 e. The number of aromatic nitrogens is 2. The highest BCUT2D eigenvalue weighted by molar-refractivity contribution is 6.30. The van der Waals surface area contributed by atoms with Crippen molar-refractivity contribution >= 4 is 22.4 Å². The molecule has 130 valence electrons. The van der Waals surface area contributed by atoms with Crippen molar-refractivity contribution in [1.29, 1.82) is 0 Å². The Morgan fingerprint density at radius 1 is 1.16 bits per heavy atom. The Bertz CT molecular complexity index is 893. The standard InChI is InChI=1S/C19H20ClN3O2/c1-22(11-4-12-25-17-9-7-16(20)8-10-17)14-23-19(24)18-6-3-2-5-15(18)13-21-23/h2-3,5-10,13H,4,11-12,14H2,1H3. The number of fused-ring (bicyclic) bond motifs is 1. The van der Waals surface area contributed by atoms with Gasteiger partial charge in [0.05, 0.1) is 24.9 Å². The van der Waals surface area contributed by atoms with Gasteiger partial charge >= 0.3 is 0 Å². The third kappa shape index (κ3) is 4.59. The van der Waals surface area contributed by atoms with Crippen LogP contribution in [0, 0.1) is 0 Å². The largest absolute Gasteiger partial charge is 0.494 e. The van der Waals surface area contributed by atoms with Crippen LogP contribution in [0.2, 0.25) is 5.02 Å². The maximum atomic E-state index is 12.4. The summed E-state index contributed by atoms with van der Waals surface area (Å²) >= 11 is 5.84. The molecule has 0 atom stereocenters. The number of hydrogen-bond donors (Lipinski definition) is 0. The number of halogens is 1. The summed E-state index contributed by atoms with van der Waals surface area (Å²) in [5.74, 6) is 0.805. The second-order valence-corrected chi connectivity index (χ2v) is 6.35. The molecule has 3 aromatic rings. The predicted molar refractivity (Wildman–Crippen MR) is 100 cm³/mol. The molecule has 0 N–H and O–H groups in total. The molecular weight excluding hydrogens is 338 g/mol. The lowest BCUT2D eigenvalue weighted by Gasteiger charge is -2.17. The molecule has 0 aliphatic rings. The van der Waals surface area contributed by atoms with E-state index in [0.717, 1.165) is 24.1 Å². The van der Waals surface area contributed by atoms with Crippen molar-refractivity contribution in [2.45, 2.75) is 13.1 Å². The van der Waals surface area contributed by atoms with Crippen molar-refractivity contribution in [2.24, 2.45) is 0 Å². The van der Waals surface area contributed by atoms with Gasteiger partial charge in [0, 0.05) is 17.0 Å². The Morgan fingerprint density at radius 2 is 1.92 bits per heavy atom. The summed E-state index contributed by atoms with van der Waals surface area (Å²) in [7, 11) is 1.96. The smallest absolute Gasteiger partial charge is 0.275 e. The van der Waals surface area contributed by atoms with Crippen LogP contribution >= 0.6 is 11.6 Å². The summed E-state index contributed by atoms with van der Waals surface area (Å²) in [5, 5.41) is 6.50. The van der Waals surface area contributed by atoms with Crippen LogP contribution in [0.4, 0.5) is 0 Å². The van der Waals surface area contributed by atoms with E-state index in [9.17, 15) is 4.79 Å². The van der Waals surface area contributed by atoms with E-state index < -0.39 is 0 Å². The maximum Gasteiger partial charge on any atom is 0.275 e. The first-order chi connectivity index (χ1) is 12.1. The highest BCUT2D eigenvalue weighted by Gasteiger charge is 2.06. The average Bonchev–Trinajstić information content (AvgIpc) is 2.63. The van der Waals surface area contributed by atoms with E-state index in [1.54, 1.807) is 18.3 Å². The molecule has 0 spiro atoms. The van der Waals surface area contributed by atoms with Gasteiger partial charge in [-0.05, 0) is 43.8 Å². The molecule has 25 heavy (non-hydrogen) atoms. The molecule has 0 radical (unpaired) electrons. The van der Waals surface area contributed by atoms with Crippen molar-refractivity contribution in [3.05, 3.63) is 70.1 Å². The molecule has 0 aliphatic heterocycles. The number of benzene rings is 2. The molecule has 0 bridgehead atoms. The zero-order chi connectivity index (χ0) is 17.6. The molecular formula is C19H20ClN3O2. The molecule has 1 heterocycles. The van der Waals surface area contributed by atoms with E-state index >= 15 is 0 Å². The Labute approximate surface area is 151 Å². The van der Waals surface area contributed by atoms with Crippen molar-refractivity contribution in [3.63, 3.8) is 0 Å². The molecule has 6 heteroatoms. The van der Waals surface area contributed by atoms with Gasteiger partial charge in [0.1, 0.15) is 5.75 Å². The van der Waals surface area contributed by atoms with E-state index in [4.69, 9.17) is 16.3 Å². The van der Waals surface area contributed by atoms with Crippen LogP contribution in [0.5, 0.6) is 5.75 Å². The fourth-order valence-corrected chi connectivity index (χ4v) is 2.71. The van der Waals surface area contributed by atoms with E-state index in [2.05, 4.69) is 5.10 Å². The van der Waals surface area contributed by atoms with Gasteiger partial charge in [-0.25, -0.2) is 4.68 Å². The normalized spacial score (nSPS) is 11.2. The maximum absolute atomic E-state index is 12.4. The van der Waals surface area contributed by atoms with Crippen molar-refractivity contribution in [1.82, 2.24) is 14.7 Å². The van der Waals surface area contributed by atoms with Crippen LogP contribution in [-0.2, 0) is 6.67 Å². The molecule has 3 rings (SSSR count). The molecule has 0 saturated heterocycles. The minimum atomic E-state index is -0.0673. The van der Waals surface area contributed by atoms with Crippen LogP contribution in [0.15, 0.2) is 59.5 Å². The Kier molecular flexibility index (Phi) is 5.68. The third-order valence-corrected chi connectivity index (χ3v) is 4.16. The fourth-order valence-electron chi connectivity index (χ4n) is 2.58. The number of rotatable bonds is 7. The molecule has 0 fully saturated rings. The van der Waals surface area contributed by atoms with Crippen LogP contribution in [-0.4, -0.2) is 34.9 Å². The number of nitrogens with zero attached hydrogens (tertiary/aromatic N) is 3. The van der Waals surface area contributed by atoms with E-state index in [-0.39, 0.29) is 5.56 Å². The van der Waals surface area contributed by atoms with Crippen molar-refractivity contribution < 1.29 is 4.74 Å². The lowest BCUT2D eigenvalue weighted by atomic mass is 10.2. The number of ether oxygens (including phenoxy) is 1. The summed E-state index contributed by atoms with van der Waals surface area (Å²) < 4.78 is 7.16. The lowest BCUT2D eigenvalue weighted by Crippen LogP contribution is -2.32. The first kappa shape index (κ1) is 17.5. The first-order valence-corrected chi connectivity index (χ1v) is 8.53. The van der Waals surface area contributed by atoms with Gasteiger partial charge in [-0.3, -0.25) is 9.69 Å². The fraction of sp³-hybridized carbons (Fsp3) is 0.263. The summed E-state index contributed by atoms with van der Waals surface area (Å²) in [6, 6.07) is 14.8. The molecule has 0 amide bonds. The van der Waals surface area contributed by atoms with Crippen LogP contribution in [0.1, 0.15) is 6.42 Å².